The average molecular weight is 285 g/mol. The molecule has 0 aromatic heterocycles. The third-order valence-corrected chi connectivity index (χ3v) is 3.66. The van der Waals surface area contributed by atoms with Crippen LogP contribution in [0.15, 0.2) is 0 Å². The maximum atomic E-state index is 11.5. The van der Waals surface area contributed by atoms with E-state index in [1.807, 2.05) is 20.8 Å². The first-order chi connectivity index (χ1) is 9.40. The molecule has 0 aromatic rings. The number of amides is 1. The first-order valence-electron chi connectivity index (χ1n) is 7.81. The number of alkyl carbamates (subject to hydrolysis) is 1. The van der Waals surface area contributed by atoms with Crippen molar-refractivity contribution in [1.29, 1.82) is 0 Å². The van der Waals surface area contributed by atoms with Crippen LogP contribution in [0.2, 0.25) is 0 Å². The number of hydrogen-bond donors (Lipinski definition) is 3. The molecular formula is C15H31N3O2. The molecule has 0 spiro atoms. The number of rotatable bonds is 8. The van der Waals surface area contributed by atoms with Crippen LogP contribution in [-0.2, 0) is 4.74 Å². The van der Waals surface area contributed by atoms with Gasteiger partial charge < -0.3 is 21.1 Å². The molecule has 1 aliphatic rings. The Morgan fingerprint density at radius 3 is 2.55 bits per heavy atom. The van der Waals surface area contributed by atoms with Crippen LogP contribution in [0.3, 0.4) is 0 Å². The number of nitrogens with one attached hydrogen (secondary N) is 2. The van der Waals surface area contributed by atoms with Crippen LogP contribution in [0.4, 0.5) is 4.79 Å². The van der Waals surface area contributed by atoms with Gasteiger partial charge in [-0.1, -0.05) is 19.3 Å². The highest BCUT2D eigenvalue weighted by Crippen LogP contribution is 2.28. The molecule has 1 saturated carbocycles. The molecule has 1 unspecified atom stereocenters. The SMILES string of the molecule is CC(C)(C)OC(=O)NCCC(CN)NCCC1CCC1. The van der Waals surface area contributed by atoms with Gasteiger partial charge >= 0.3 is 6.09 Å². The molecule has 0 saturated heterocycles. The average Bonchev–Trinajstić information content (AvgIpc) is 2.27. The van der Waals surface area contributed by atoms with Crippen LogP contribution >= 0.6 is 0 Å². The van der Waals surface area contributed by atoms with Crippen LogP contribution in [0.5, 0.6) is 0 Å². The van der Waals surface area contributed by atoms with Gasteiger partial charge in [-0.05, 0) is 46.1 Å². The Hall–Kier alpha value is -0.810. The minimum atomic E-state index is -0.446. The lowest BCUT2D eigenvalue weighted by atomic mass is 9.83. The maximum Gasteiger partial charge on any atom is 0.407 e. The second-order valence-electron chi connectivity index (χ2n) is 6.69. The van der Waals surface area contributed by atoms with E-state index in [1.165, 1.54) is 25.7 Å². The van der Waals surface area contributed by atoms with Crippen LogP contribution < -0.4 is 16.4 Å². The number of ether oxygens (including phenoxy) is 1. The highest BCUT2D eigenvalue weighted by atomic mass is 16.6. The van der Waals surface area contributed by atoms with E-state index in [-0.39, 0.29) is 12.1 Å². The fourth-order valence-electron chi connectivity index (χ4n) is 2.24. The summed E-state index contributed by atoms with van der Waals surface area (Å²) in [7, 11) is 0. The van der Waals surface area contributed by atoms with Crippen molar-refractivity contribution in [3.8, 4) is 0 Å². The van der Waals surface area contributed by atoms with Gasteiger partial charge in [0.15, 0.2) is 0 Å². The van der Waals surface area contributed by atoms with E-state index in [9.17, 15) is 4.79 Å². The van der Waals surface area contributed by atoms with Crippen LogP contribution in [-0.4, -0.2) is 37.4 Å². The number of hydrogen-bond acceptors (Lipinski definition) is 4. The quantitative estimate of drug-likeness (QED) is 0.637. The topological polar surface area (TPSA) is 76.4 Å². The highest BCUT2D eigenvalue weighted by molar-refractivity contribution is 5.67. The molecule has 1 atom stereocenters. The van der Waals surface area contributed by atoms with Gasteiger partial charge in [-0.15, -0.1) is 0 Å². The molecule has 0 bridgehead atoms. The summed E-state index contributed by atoms with van der Waals surface area (Å²) in [6, 6.07) is 0.269. The van der Waals surface area contributed by atoms with Crippen molar-refractivity contribution in [2.45, 2.75) is 64.5 Å². The molecule has 1 amide bonds. The van der Waals surface area contributed by atoms with Crippen molar-refractivity contribution in [2.75, 3.05) is 19.6 Å². The summed E-state index contributed by atoms with van der Waals surface area (Å²) < 4.78 is 5.19. The Balaban J connectivity index is 2.06. The Morgan fingerprint density at radius 1 is 1.35 bits per heavy atom. The summed E-state index contributed by atoms with van der Waals surface area (Å²) >= 11 is 0. The van der Waals surface area contributed by atoms with Crippen LogP contribution in [0.1, 0.15) is 52.9 Å². The van der Waals surface area contributed by atoms with E-state index in [1.54, 1.807) is 0 Å². The minimum Gasteiger partial charge on any atom is -0.444 e. The zero-order chi connectivity index (χ0) is 15.0. The molecule has 5 heteroatoms. The molecule has 20 heavy (non-hydrogen) atoms. The Kier molecular flexibility index (Phi) is 7.30. The summed E-state index contributed by atoms with van der Waals surface area (Å²) in [5, 5.41) is 6.24. The molecule has 0 aliphatic heterocycles. The Labute approximate surface area is 123 Å². The Bertz CT molecular complexity index is 285. The van der Waals surface area contributed by atoms with Gasteiger partial charge in [-0.2, -0.15) is 0 Å². The standard InChI is InChI=1S/C15H31N3O2/c1-15(2,3)20-14(19)18-10-8-13(11-16)17-9-7-12-5-4-6-12/h12-13,17H,4-11,16H2,1-3H3,(H,18,19). The molecule has 0 aromatic carbocycles. The number of carbonyl (C=O) groups excluding carboxylic acids is 1. The lowest BCUT2D eigenvalue weighted by Gasteiger charge is -2.26. The monoisotopic (exact) mass is 285 g/mol. The van der Waals surface area contributed by atoms with E-state index < -0.39 is 5.60 Å². The largest absolute Gasteiger partial charge is 0.444 e. The smallest absolute Gasteiger partial charge is 0.407 e. The maximum absolute atomic E-state index is 11.5. The van der Waals surface area contributed by atoms with Crippen molar-refractivity contribution < 1.29 is 9.53 Å². The molecule has 0 radical (unpaired) electrons. The lowest BCUT2D eigenvalue weighted by molar-refractivity contribution is 0.0526. The molecule has 118 valence electrons. The van der Waals surface area contributed by atoms with E-state index in [2.05, 4.69) is 10.6 Å². The molecule has 0 heterocycles. The van der Waals surface area contributed by atoms with Crippen LogP contribution in [0, 0.1) is 5.92 Å². The van der Waals surface area contributed by atoms with Gasteiger partial charge in [0, 0.05) is 19.1 Å². The van der Waals surface area contributed by atoms with Crippen molar-refractivity contribution in [3.63, 3.8) is 0 Å². The van der Waals surface area contributed by atoms with Gasteiger partial charge in [0.25, 0.3) is 0 Å². The van der Waals surface area contributed by atoms with Gasteiger partial charge in [0.2, 0.25) is 0 Å². The molecule has 1 rings (SSSR count). The number of carbonyl (C=O) groups is 1. The number of nitrogens with two attached hydrogens (primary N) is 1. The third kappa shape index (κ3) is 7.70. The van der Waals surface area contributed by atoms with Crippen molar-refractivity contribution in [1.82, 2.24) is 10.6 Å². The molecule has 4 N–H and O–H groups in total. The van der Waals surface area contributed by atoms with Crippen molar-refractivity contribution in [2.24, 2.45) is 11.7 Å². The van der Waals surface area contributed by atoms with E-state index in [0.717, 1.165) is 18.9 Å². The lowest BCUT2D eigenvalue weighted by Crippen LogP contribution is -2.41. The first kappa shape index (κ1) is 17.2. The fraction of sp³-hybridized carbons (Fsp3) is 0.933. The fourth-order valence-corrected chi connectivity index (χ4v) is 2.24. The minimum absolute atomic E-state index is 0.269. The summed E-state index contributed by atoms with van der Waals surface area (Å²) in [5.74, 6) is 0.917. The summed E-state index contributed by atoms with van der Waals surface area (Å²) in [6.07, 6.45) is 5.88. The summed E-state index contributed by atoms with van der Waals surface area (Å²) in [6.45, 7) is 7.79. The Morgan fingerprint density at radius 2 is 2.05 bits per heavy atom. The normalized spacial score (nSPS) is 17.4. The predicted octanol–water partition coefficient (Wildman–Crippen LogP) is 2.01. The third-order valence-electron chi connectivity index (χ3n) is 3.66. The zero-order valence-electron chi connectivity index (χ0n) is 13.2. The summed E-state index contributed by atoms with van der Waals surface area (Å²) in [4.78, 5) is 11.5. The highest BCUT2D eigenvalue weighted by Gasteiger charge is 2.18. The van der Waals surface area contributed by atoms with Gasteiger partial charge in [-0.3, -0.25) is 0 Å². The molecular weight excluding hydrogens is 254 g/mol. The molecule has 1 fully saturated rings. The van der Waals surface area contributed by atoms with Crippen molar-refractivity contribution >= 4 is 6.09 Å². The molecule has 5 nitrogen and oxygen atoms in total. The molecule has 1 aliphatic carbocycles. The zero-order valence-corrected chi connectivity index (χ0v) is 13.2. The predicted molar refractivity (Wildman–Crippen MR) is 81.7 cm³/mol. The second-order valence-corrected chi connectivity index (χ2v) is 6.69. The van der Waals surface area contributed by atoms with Gasteiger partial charge in [0.1, 0.15) is 5.60 Å². The first-order valence-corrected chi connectivity index (χ1v) is 7.81. The second kappa shape index (κ2) is 8.47. The van der Waals surface area contributed by atoms with E-state index in [4.69, 9.17) is 10.5 Å². The van der Waals surface area contributed by atoms with Crippen molar-refractivity contribution in [3.05, 3.63) is 0 Å². The van der Waals surface area contributed by atoms with Crippen LogP contribution in [0.25, 0.3) is 0 Å². The van der Waals surface area contributed by atoms with E-state index >= 15 is 0 Å². The van der Waals surface area contributed by atoms with Gasteiger partial charge in [0.05, 0.1) is 0 Å². The van der Waals surface area contributed by atoms with E-state index in [0.29, 0.717) is 13.1 Å². The summed E-state index contributed by atoms with van der Waals surface area (Å²) in [5.41, 5.74) is 5.30. The van der Waals surface area contributed by atoms with Gasteiger partial charge in [-0.25, -0.2) is 4.79 Å².